The number of hydrogen-bond acceptors (Lipinski definition) is 3. The average molecular weight is 235 g/mol. The largest absolute Gasteiger partial charge is 0.494 e. The van der Waals surface area contributed by atoms with Crippen LogP contribution in [0.1, 0.15) is 30.7 Å². The molecule has 94 valence electrons. The van der Waals surface area contributed by atoms with Gasteiger partial charge in [-0.25, -0.2) is 0 Å². The first kappa shape index (κ1) is 12.4. The maximum Gasteiger partial charge on any atom is 0.119 e. The fraction of sp³-hybridized carbons (Fsp3) is 0.571. The summed E-state index contributed by atoms with van der Waals surface area (Å²) in [6.45, 7) is 3.14. The van der Waals surface area contributed by atoms with Crippen LogP contribution in [0.15, 0.2) is 24.3 Å². The standard InChI is InChI=1S/C14H21NO2/c15-8-2-10-17-14-6-4-12(5-7-14)13-3-1-9-16-11-13/h4-7,13H,1-3,8-11,15H2. The summed E-state index contributed by atoms with van der Waals surface area (Å²) in [5.41, 5.74) is 6.78. The fourth-order valence-electron chi connectivity index (χ4n) is 2.11. The maximum absolute atomic E-state index is 5.58. The third kappa shape index (κ3) is 3.72. The van der Waals surface area contributed by atoms with Crippen LogP contribution in [0.5, 0.6) is 5.75 Å². The Bertz CT molecular complexity index is 317. The monoisotopic (exact) mass is 235 g/mol. The fourth-order valence-corrected chi connectivity index (χ4v) is 2.11. The Morgan fingerprint density at radius 1 is 1.29 bits per heavy atom. The van der Waals surface area contributed by atoms with Crippen molar-refractivity contribution in [1.29, 1.82) is 0 Å². The van der Waals surface area contributed by atoms with Crippen molar-refractivity contribution >= 4 is 0 Å². The molecule has 3 heteroatoms. The maximum atomic E-state index is 5.58. The van der Waals surface area contributed by atoms with Gasteiger partial charge in [0.15, 0.2) is 0 Å². The third-order valence-corrected chi connectivity index (χ3v) is 3.13. The van der Waals surface area contributed by atoms with E-state index < -0.39 is 0 Å². The lowest BCUT2D eigenvalue weighted by atomic mass is 9.94. The molecule has 0 saturated carbocycles. The molecule has 1 heterocycles. The normalized spacial score (nSPS) is 20.2. The van der Waals surface area contributed by atoms with Gasteiger partial charge in [0.2, 0.25) is 0 Å². The number of rotatable bonds is 5. The highest BCUT2D eigenvalue weighted by Gasteiger charge is 2.15. The lowest BCUT2D eigenvalue weighted by Gasteiger charge is -2.22. The summed E-state index contributed by atoms with van der Waals surface area (Å²) in [6.07, 6.45) is 3.30. The molecule has 0 bridgehead atoms. The summed E-state index contributed by atoms with van der Waals surface area (Å²) in [5.74, 6) is 1.49. The highest BCUT2D eigenvalue weighted by Crippen LogP contribution is 2.26. The topological polar surface area (TPSA) is 44.5 Å². The first-order valence-corrected chi connectivity index (χ1v) is 6.40. The highest BCUT2D eigenvalue weighted by atomic mass is 16.5. The zero-order chi connectivity index (χ0) is 11.9. The number of hydrogen-bond donors (Lipinski definition) is 1. The van der Waals surface area contributed by atoms with E-state index in [0.717, 1.165) is 25.4 Å². The van der Waals surface area contributed by atoms with Crippen LogP contribution in [0.25, 0.3) is 0 Å². The molecule has 0 radical (unpaired) electrons. The Morgan fingerprint density at radius 2 is 2.12 bits per heavy atom. The molecule has 1 fully saturated rings. The van der Waals surface area contributed by atoms with E-state index in [9.17, 15) is 0 Å². The van der Waals surface area contributed by atoms with Crippen molar-refractivity contribution in [3.63, 3.8) is 0 Å². The molecule has 1 aromatic rings. The SMILES string of the molecule is NCCCOc1ccc(C2CCCOC2)cc1. The molecule has 0 aromatic heterocycles. The Labute approximate surface area is 103 Å². The second-order valence-electron chi connectivity index (χ2n) is 4.47. The van der Waals surface area contributed by atoms with Crippen LogP contribution in [-0.4, -0.2) is 26.4 Å². The minimum atomic E-state index is 0.557. The molecular formula is C14H21NO2. The van der Waals surface area contributed by atoms with Gasteiger partial charge in [0.1, 0.15) is 5.75 Å². The minimum absolute atomic E-state index is 0.557. The van der Waals surface area contributed by atoms with Crippen molar-refractivity contribution in [2.24, 2.45) is 5.73 Å². The Balaban J connectivity index is 1.88. The van der Waals surface area contributed by atoms with Crippen LogP contribution in [0.4, 0.5) is 0 Å². The number of benzene rings is 1. The third-order valence-electron chi connectivity index (χ3n) is 3.13. The molecular weight excluding hydrogens is 214 g/mol. The lowest BCUT2D eigenvalue weighted by molar-refractivity contribution is 0.0804. The highest BCUT2D eigenvalue weighted by molar-refractivity contribution is 5.29. The summed E-state index contributed by atoms with van der Waals surface area (Å²) in [4.78, 5) is 0. The summed E-state index contributed by atoms with van der Waals surface area (Å²) >= 11 is 0. The summed E-state index contributed by atoms with van der Waals surface area (Å²) in [7, 11) is 0. The second kappa shape index (κ2) is 6.62. The van der Waals surface area contributed by atoms with E-state index in [1.165, 1.54) is 18.4 Å². The molecule has 0 aliphatic carbocycles. The second-order valence-corrected chi connectivity index (χ2v) is 4.47. The van der Waals surface area contributed by atoms with Gasteiger partial charge in [0.05, 0.1) is 13.2 Å². The van der Waals surface area contributed by atoms with Gasteiger partial charge in [-0.05, 0) is 43.5 Å². The molecule has 2 N–H and O–H groups in total. The number of nitrogens with two attached hydrogens (primary N) is 1. The van der Waals surface area contributed by atoms with E-state index in [1.807, 2.05) is 12.1 Å². The van der Waals surface area contributed by atoms with Gasteiger partial charge < -0.3 is 15.2 Å². The van der Waals surface area contributed by atoms with E-state index in [2.05, 4.69) is 12.1 Å². The van der Waals surface area contributed by atoms with E-state index in [-0.39, 0.29) is 0 Å². The average Bonchev–Trinajstić information content (AvgIpc) is 2.41. The quantitative estimate of drug-likeness (QED) is 0.796. The Hall–Kier alpha value is -1.06. The number of ether oxygens (including phenoxy) is 2. The summed E-state index contributed by atoms with van der Waals surface area (Å²) in [6, 6.07) is 8.38. The lowest BCUT2D eigenvalue weighted by Crippen LogP contribution is -2.15. The van der Waals surface area contributed by atoms with Crippen molar-refractivity contribution < 1.29 is 9.47 Å². The molecule has 0 amide bonds. The van der Waals surface area contributed by atoms with E-state index in [4.69, 9.17) is 15.2 Å². The van der Waals surface area contributed by atoms with E-state index in [0.29, 0.717) is 19.1 Å². The van der Waals surface area contributed by atoms with Crippen LogP contribution in [0.2, 0.25) is 0 Å². The molecule has 1 saturated heterocycles. The van der Waals surface area contributed by atoms with Gasteiger partial charge >= 0.3 is 0 Å². The van der Waals surface area contributed by atoms with Crippen LogP contribution in [-0.2, 0) is 4.74 Å². The van der Waals surface area contributed by atoms with Crippen LogP contribution >= 0.6 is 0 Å². The van der Waals surface area contributed by atoms with Crippen LogP contribution < -0.4 is 10.5 Å². The first-order valence-electron chi connectivity index (χ1n) is 6.40. The molecule has 1 aliphatic rings. The van der Waals surface area contributed by atoms with Gasteiger partial charge in [-0.2, -0.15) is 0 Å². The van der Waals surface area contributed by atoms with E-state index in [1.54, 1.807) is 0 Å². The molecule has 1 aliphatic heterocycles. The van der Waals surface area contributed by atoms with Crippen molar-refractivity contribution in [2.45, 2.75) is 25.2 Å². The molecule has 1 unspecified atom stereocenters. The van der Waals surface area contributed by atoms with Crippen molar-refractivity contribution in [2.75, 3.05) is 26.4 Å². The molecule has 0 spiro atoms. The van der Waals surface area contributed by atoms with Crippen LogP contribution in [0, 0.1) is 0 Å². The molecule has 1 atom stereocenters. The van der Waals surface area contributed by atoms with Crippen LogP contribution in [0.3, 0.4) is 0 Å². The summed E-state index contributed by atoms with van der Waals surface area (Å²) in [5, 5.41) is 0. The zero-order valence-corrected chi connectivity index (χ0v) is 10.2. The Morgan fingerprint density at radius 3 is 2.76 bits per heavy atom. The zero-order valence-electron chi connectivity index (χ0n) is 10.2. The van der Waals surface area contributed by atoms with Gasteiger partial charge in [0.25, 0.3) is 0 Å². The molecule has 3 nitrogen and oxygen atoms in total. The van der Waals surface area contributed by atoms with Crippen molar-refractivity contribution in [3.8, 4) is 5.75 Å². The smallest absolute Gasteiger partial charge is 0.119 e. The van der Waals surface area contributed by atoms with Gasteiger partial charge in [-0.3, -0.25) is 0 Å². The summed E-state index contributed by atoms with van der Waals surface area (Å²) < 4.78 is 11.1. The molecule has 1 aromatic carbocycles. The van der Waals surface area contributed by atoms with Gasteiger partial charge in [-0.1, -0.05) is 12.1 Å². The predicted octanol–water partition coefficient (Wildman–Crippen LogP) is 2.31. The molecule has 2 rings (SSSR count). The first-order chi connectivity index (χ1) is 8.40. The minimum Gasteiger partial charge on any atom is -0.494 e. The van der Waals surface area contributed by atoms with Crippen molar-refractivity contribution in [1.82, 2.24) is 0 Å². The molecule has 17 heavy (non-hydrogen) atoms. The van der Waals surface area contributed by atoms with Gasteiger partial charge in [0, 0.05) is 12.5 Å². The van der Waals surface area contributed by atoms with Crippen molar-refractivity contribution in [3.05, 3.63) is 29.8 Å². The van der Waals surface area contributed by atoms with Gasteiger partial charge in [-0.15, -0.1) is 0 Å². The van der Waals surface area contributed by atoms with E-state index >= 15 is 0 Å². The Kier molecular flexibility index (Phi) is 4.83. The predicted molar refractivity (Wildman–Crippen MR) is 68.4 cm³/mol.